The fraction of sp³-hybridized carbons (Fsp3) is 0.556. The summed E-state index contributed by atoms with van der Waals surface area (Å²) in [6.45, 7) is 0.178. The standard InChI is InChI=1S/C18H22F2N4O2/c1-23(15-10-24-7-5-11(15)6-8-24)17(25)16-13-9-12(26-18(19)20)3-2-4-14(13)21-22-16/h2-3,9,11,15,18H,4-8,10H2,1H3,(H,21,22)/t15-/m1/s1. The van der Waals surface area contributed by atoms with Crippen molar-refractivity contribution < 1.29 is 18.3 Å². The molecule has 1 atom stereocenters. The van der Waals surface area contributed by atoms with E-state index >= 15 is 0 Å². The third kappa shape index (κ3) is 3.13. The lowest BCUT2D eigenvalue weighted by atomic mass is 9.83. The lowest BCUT2D eigenvalue weighted by Crippen LogP contribution is -2.57. The van der Waals surface area contributed by atoms with Gasteiger partial charge in [0, 0.05) is 37.3 Å². The SMILES string of the molecule is CN(C(=O)c1n[nH]c2c1C=C(OC(F)F)C=CC2)[C@@H]1CN2CCC1CC2. The summed E-state index contributed by atoms with van der Waals surface area (Å²) in [5, 5.41) is 7.05. The lowest BCUT2D eigenvalue weighted by Gasteiger charge is -2.47. The molecule has 0 radical (unpaired) electrons. The summed E-state index contributed by atoms with van der Waals surface area (Å²) in [5.41, 5.74) is 1.52. The van der Waals surface area contributed by atoms with Crippen LogP contribution in [0.5, 0.6) is 0 Å². The Balaban J connectivity index is 1.59. The molecule has 0 spiro atoms. The van der Waals surface area contributed by atoms with Gasteiger partial charge in [0.1, 0.15) is 5.76 Å². The molecule has 5 rings (SSSR count). The molecule has 4 heterocycles. The van der Waals surface area contributed by atoms with E-state index in [2.05, 4.69) is 19.8 Å². The van der Waals surface area contributed by atoms with Crippen LogP contribution in [-0.4, -0.2) is 65.2 Å². The topological polar surface area (TPSA) is 61.5 Å². The van der Waals surface area contributed by atoms with Crippen LogP contribution in [0.1, 0.15) is 34.6 Å². The van der Waals surface area contributed by atoms with E-state index in [4.69, 9.17) is 0 Å². The maximum Gasteiger partial charge on any atom is 0.387 e. The van der Waals surface area contributed by atoms with Gasteiger partial charge in [0.05, 0.1) is 0 Å². The van der Waals surface area contributed by atoms with Crippen molar-refractivity contribution in [3.8, 4) is 0 Å². The largest absolute Gasteiger partial charge is 0.435 e. The predicted octanol–water partition coefficient (Wildman–Crippen LogP) is 2.27. The molecule has 140 valence electrons. The van der Waals surface area contributed by atoms with Gasteiger partial charge >= 0.3 is 6.61 Å². The van der Waals surface area contributed by atoms with Gasteiger partial charge in [-0.2, -0.15) is 13.9 Å². The number of nitrogens with one attached hydrogen (secondary N) is 1. The lowest BCUT2D eigenvalue weighted by molar-refractivity contribution is -0.0910. The summed E-state index contributed by atoms with van der Waals surface area (Å²) in [7, 11) is 1.81. The summed E-state index contributed by atoms with van der Waals surface area (Å²) in [6.07, 6.45) is 7.36. The zero-order chi connectivity index (χ0) is 18.3. The Morgan fingerprint density at radius 2 is 2.19 bits per heavy atom. The van der Waals surface area contributed by atoms with E-state index < -0.39 is 6.61 Å². The molecule has 3 saturated heterocycles. The molecule has 1 N–H and O–H groups in total. The Hall–Kier alpha value is -2.22. The minimum atomic E-state index is -2.91. The summed E-state index contributed by atoms with van der Waals surface area (Å²) >= 11 is 0. The van der Waals surface area contributed by atoms with Crippen molar-refractivity contribution in [2.45, 2.75) is 31.9 Å². The number of hydrogen-bond acceptors (Lipinski definition) is 4. The highest BCUT2D eigenvalue weighted by Gasteiger charge is 2.39. The number of ether oxygens (including phenoxy) is 1. The number of nitrogens with zero attached hydrogens (tertiary/aromatic N) is 3. The minimum Gasteiger partial charge on any atom is -0.435 e. The van der Waals surface area contributed by atoms with Crippen molar-refractivity contribution in [3.05, 3.63) is 34.9 Å². The van der Waals surface area contributed by atoms with Gasteiger partial charge in [0.2, 0.25) is 0 Å². The zero-order valence-electron chi connectivity index (χ0n) is 14.6. The third-order valence-corrected chi connectivity index (χ3v) is 5.64. The van der Waals surface area contributed by atoms with Gasteiger partial charge in [-0.05, 0) is 44.0 Å². The monoisotopic (exact) mass is 364 g/mol. The fourth-order valence-corrected chi connectivity index (χ4v) is 4.21. The highest BCUT2D eigenvalue weighted by Crippen LogP contribution is 2.31. The number of carbonyl (C=O) groups excluding carboxylic acids is 1. The maximum atomic E-state index is 13.1. The molecule has 0 unspecified atom stereocenters. The van der Waals surface area contributed by atoms with E-state index in [0.717, 1.165) is 38.2 Å². The van der Waals surface area contributed by atoms with Crippen molar-refractivity contribution >= 4 is 12.0 Å². The van der Waals surface area contributed by atoms with Gasteiger partial charge in [-0.3, -0.25) is 9.89 Å². The molecular formula is C18H22F2N4O2. The second kappa shape index (κ2) is 6.83. The number of carbonyl (C=O) groups is 1. The number of aromatic nitrogens is 2. The fourth-order valence-electron chi connectivity index (χ4n) is 4.21. The molecule has 3 aliphatic heterocycles. The van der Waals surface area contributed by atoms with Crippen LogP contribution in [0.2, 0.25) is 0 Å². The number of likely N-dealkylation sites (N-methyl/N-ethyl adjacent to an activating group) is 1. The first-order valence-electron chi connectivity index (χ1n) is 8.92. The Bertz CT molecular complexity index is 750. The van der Waals surface area contributed by atoms with Gasteiger partial charge in [-0.1, -0.05) is 6.08 Å². The molecule has 1 aromatic rings. The van der Waals surface area contributed by atoms with Crippen LogP contribution < -0.4 is 0 Å². The first kappa shape index (κ1) is 17.2. The predicted molar refractivity (Wildman–Crippen MR) is 91.5 cm³/mol. The van der Waals surface area contributed by atoms with Gasteiger partial charge in [0.25, 0.3) is 5.91 Å². The smallest absolute Gasteiger partial charge is 0.387 e. The second-order valence-corrected chi connectivity index (χ2v) is 7.12. The van der Waals surface area contributed by atoms with Gasteiger partial charge in [-0.25, -0.2) is 0 Å². The van der Waals surface area contributed by atoms with Crippen LogP contribution in [0.3, 0.4) is 0 Å². The molecule has 0 aromatic carbocycles. The quantitative estimate of drug-likeness (QED) is 0.890. The van der Waals surface area contributed by atoms with Crippen LogP contribution in [0, 0.1) is 5.92 Å². The highest BCUT2D eigenvalue weighted by atomic mass is 19.3. The van der Waals surface area contributed by atoms with E-state index in [9.17, 15) is 13.6 Å². The molecule has 3 fully saturated rings. The molecule has 0 saturated carbocycles. The molecule has 2 bridgehead atoms. The van der Waals surface area contributed by atoms with E-state index in [-0.39, 0.29) is 23.4 Å². The molecule has 1 aliphatic carbocycles. The van der Waals surface area contributed by atoms with Gasteiger partial charge < -0.3 is 14.5 Å². The van der Waals surface area contributed by atoms with Gasteiger partial charge in [-0.15, -0.1) is 0 Å². The van der Waals surface area contributed by atoms with E-state index in [1.807, 2.05) is 7.05 Å². The number of rotatable bonds is 4. The Morgan fingerprint density at radius 1 is 1.42 bits per heavy atom. The first-order chi connectivity index (χ1) is 12.5. The molecule has 6 nitrogen and oxygen atoms in total. The summed E-state index contributed by atoms with van der Waals surface area (Å²) in [5.74, 6) is 0.358. The summed E-state index contributed by atoms with van der Waals surface area (Å²) in [6, 6.07) is 0.169. The van der Waals surface area contributed by atoms with E-state index in [1.165, 1.54) is 12.2 Å². The molecule has 8 heteroatoms. The number of halogens is 2. The van der Waals surface area contributed by atoms with Crippen LogP contribution in [0.25, 0.3) is 6.08 Å². The van der Waals surface area contributed by atoms with Crippen molar-refractivity contribution in [3.63, 3.8) is 0 Å². The maximum absolute atomic E-state index is 13.1. The first-order valence-corrected chi connectivity index (χ1v) is 8.92. The van der Waals surface area contributed by atoms with E-state index in [0.29, 0.717) is 17.9 Å². The molecule has 1 amide bonds. The Labute approximate surface area is 150 Å². The van der Waals surface area contributed by atoms with Crippen molar-refractivity contribution in [2.75, 3.05) is 26.7 Å². The summed E-state index contributed by atoms with van der Waals surface area (Å²) < 4.78 is 29.7. The van der Waals surface area contributed by atoms with Crippen molar-refractivity contribution in [2.24, 2.45) is 5.92 Å². The minimum absolute atomic E-state index is 0.0275. The normalized spacial score (nSPS) is 27.1. The number of amides is 1. The second-order valence-electron chi connectivity index (χ2n) is 7.12. The van der Waals surface area contributed by atoms with E-state index in [1.54, 1.807) is 11.0 Å². The van der Waals surface area contributed by atoms with Crippen LogP contribution in [0.4, 0.5) is 8.78 Å². The molecular weight excluding hydrogens is 342 g/mol. The highest BCUT2D eigenvalue weighted by molar-refractivity contribution is 5.96. The zero-order valence-corrected chi connectivity index (χ0v) is 14.6. The number of hydrogen-bond donors (Lipinski definition) is 1. The number of aromatic amines is 1. The van der Waals surface area contributed by atoms with Crippen LogP contribution in [0.15, 0.2) is 17.9 Å². The average Bonchev–Trinajstić information content (AvgIpc) is 2.93. The van der Waals surface area contributed by atoms with Gasteiger partial charge in [0.15, 0.2) is 5.69 Å². The molecule has 4 aliphatic rings. The molecule has 26 heavy (non-hydrogen) atoms. The Morgan fingerprint density at radius 3 is 2.85 bits per heavy atom. The Kier molecular flexibility index (Phi) is 4.52. The number of piperidine rings is 3. The third-order valence-electron chi connectivity index (χ3n) is 5.64. The van der Waals surface area contributed by atoms with Crippen LogP contribution in [-0.2, 0) is 11.2 Å². The number of fused-ring (bicyclic) bond motifs is 4. The van der Waals surface area contributed by atoms with Crippen molar-refractivity contribution in [1.82, 2.24) is 20.0 Å². The number of H-pyrrole nitrogens is 1. The number of alkyl halides is 2. The summed E-state index contributed by atoms with van der Waals surface area (Å²) in [4.78, 5) is 17.2. The van der Waals surface area contributed by atoms with Crippen molar-refractivity contribution in [1.29, 1.82) is 0 Å². The number of allylic oxidation sites excluding steroid dienone is 2. The average molecular weight is 364 g/mol. The molecule has 1 aromatic heterocycles. The van der Waals surface area contributed by atoms with Crippen LogP contribution >= 0.6 is 0 Å².